The van der Waals surface area contributed by atoms with Gasteiger partial charge in [-0.3, -0.25) is 0 Å². The second-order valence-corrected chi connectivity index (χ2v) is 4.20. The van der Waals surface area contributed by atoms with E-state index in [0.717, 1.165) is 11.5 Å². The fourth-order valence-corrected chi connectivity index (χ4v) is 1.29. The van der Waals surface area contributed by atoms with Gasteiger partial charge >= 0.3 is 0 Å². The number of aromatic nitrogens is 2. The van der Waals surface area contributed by atoms with Crippen LogP contribution in [0.25, 0.3) is 0 Å². The predicted molar refractivity (Wildman–Crippen MR) is 50.2 cm³/mol. The van der Waals surface area contributed by atoms with Crippen LogP contribution in [0, 0.1) is 13.8 Å². The average Bonchev–Trinajstić information content (AvgIpc) is 1.92. The molecule has 0 aliphatic heterocycles. The summed E-state index contributed by atoms with van der Waals surface area (Å²) in [6.45, 7) is 10.5. The average molecular weight is 164 g/mol. The van der Waals surface area contributed by atoms with Gasteiger partial charge in [-0.2, -0.15) is 0 Å². The van der Waals surface area contributed by atoms with Gasteiger partial charge in [0.1, 0.15) is 5.82 Å². The van der Waals surface area contributed by atoms with Crippen molar-refractivity contribution in [2.45, 2.75) is 40.0 Å². The van der Waals surface area contributed by atoms with E-state index >= 15 is 0 Å². The number of hydrogen-bond donors (Lipinski definition) is 0. The Morgan fingerprint density at radius 1 is 1.17 bits per heavy atom. The smallest absolute Gasteiger partial charge is 0.125 e. The minimum absolute atomic E-state index is 0.123. The molecule has 2 nitrogen and oxygen atoms in total. The Hall–Kier alpha value is -0.920. The van der Waals surface area contributed by atoms with Crippen LogP contribution in [0.4, 0.5) is 0 Å². The molecule has 1 rings (SSSR count). The summed E-state index contributed by atoms with van der Waals surface area (Å²) in [5.41, 5.74) is 2.45. The molecule has 0 aromatic carbocycles. The van der Waals surface area contributed by atoms with Crippen molar-refractivity contribution >= 4 is 0 Å². The standard InChI is InChI=1S/C10H16N2/c1-7-6-11-8(2)12-9(7)10(3,4)5/h6H,1-5H3. The number of aryl methyl sites for hydroxylation is 2. The van der Waals surface area contributed by atoms with Gasteiger partial charge in [-0.1, -0.05) is 20.8 Å². The van der Waals surface area contributed by atoms with Gasteiger partial charge in [-0.25, -0.2) is 9.97 Å². The van der Waals surface area contributed by atoms with Gasteiger partial charge in [0, 0.05) is 11.6 Å². The lowest BCUT2D eigenvalue weighted by Crippen LogP contribution is -2.16. The lowest BCUT2D eigenvalue weighted by atomic mass is 9.89. The zero-order chi connectivity index (χ0) is 9.35. The van der Waals surface area contributed by atoms with Gasteiger partial charge in [0.2, 0.25) is 0 Å². The van der Waals surface area contributed by atoms with E-state index in [0.29, 0.717) is 0 Å². The third-order valence-electron chi connectivity index (χ3n) is 1.80. The highest BCUT2D eigenvalue weighted by Gasteiger charge is 2.17. The third kappa shape index (κ3) is 1.81. The van der Waals surface area contributed by atoms with E-state index in [1.165, 1.54) is 5.56 Å². The van der Waals surface area contributed by atoms with Crippen LogP contribution < -0.4 is 0 Å². The quantitative estimate of drug-likeness (QED) is 0.588. The van der Waals surface area contributed by atoms with Gasteiger partial charge in [-0.15, -0.1) is 0 Å². The van der Waals surface area contributed by atoms with Crippen LogP contribution in [0.3, 0.4) is 0 Å². The van der Waals surface area contributed by atoms with Crippen molar-refractivity contribution in [3.63, 3.8) is 0 Å². The minimum atomic E-state index is 0.123. The molecule has 1 aromatic heterocycles. The normalized spacial score (nSPS) is 11.8. The first-order chi connectivity index (χ1) is 5.41. The van der Waals surface area contributed by atoms with Gasteiger partial charge in [0.15, 0.2) is 0 Å². The van der Waals surface area contributed by atoms with Crippen molar-refractivity contribution in [3.8, 4) is 0 Å². The Labute approximate surface area is 74.1 Å². The molecular formula is C10H16N2. The van der Waals surface area contributed by atoms with Crippen molar-refractivity contribution < 1.29 is 0 Å². The highest BCUT2D eigenvalue weighted by atomic mass is 14.9. The summed E-state index contributed by atoms with van der Waals surface area (Å²) in [4.78, 5) is 8.57. The molecule has 0 fully saturated rings. The molecule has 0 saturated carbocycles. The maximum atomic E-state index is 4.43. The zero-order valence-electron chi connectivity index (χ0n) is 8.47. The molecule has 12 heavy (non-hydrogen) atoms. The van der Waals surface area contributed by atoms with Crippen molar-refractivity contribution in [1.29, 1.82) is 0 Å². The number of hydrogen-bond acceptors (Lipinski definition) is 2. The van der Waals surface area contributed by atoms with Crippen molar-refractivity contribution in [2.24, 2.45) is 0 Å². The predicted octanol–water partition coefficient (Wildman–Crippen LogP) is 2.39. The molecular weight excluding hydrogens is 148 g/mol. The molecule has 1 heterocycles. The second kappa shape index (κ2) is 2.85. The molecule has 0 amide bonds. The van der Waals surface area contributed by atoms with Gasteiger partial charge in [-0.05, 0) is 19.4 Å². The maximum Gasteiger partial charge on any atom is 0.125 e. The lowest BCUT2D eigenvalue weighted by Gasteiger charge is -2.19. The van der Waals surface area contributed by atoms with Crippen LogP contribution >= 0.6 is 0 Å². The molecule has 0 aliphatic rings. The van der Waals surface area contributed by atoms with Crippen LogP contribution in [0.1, 0.15) is 37.9 Å². The van der Waals surface area contributed by atoms with E-state index < -0.39 is 0 Å². The third-order valence-corrected chi connectivity index (χ3v) is 1.80. The fraction of sp³-hybridized carbons (Fsp3) is 0.600. The van der Waals surface area contributed by atoms with E-state index in [1.807, 2.05) is 13.1 Å². The Morgan fingerprint density at radius 3 is 2.17 bits per heavy atom. The summed E-state index contributed by atoms with van der Waals surface area (Å²) in [5, 5.41) is 0. The van der Waals surface area contributed by atoms with Crippen molar-refractivity contribution in [2.75, 3.05) is 0 Å². The second-order valence-electron chi connectivity index (χ2n) is 4.20. The highest BCUT2D eigenvalue weighted by Crippen LogP contribution is 2.22. The van der Waals surface area contributed by atoms with E-state index in [2.05, 4.69) is 37.7 Å². The minimum Gasteiger partial charge on any atom is -0.241 e. The molecule has 0 atom stereocenters. The van der Waals surface area contributed by atoms with E-state index in [-0.39, 0.29) is 5.41 Å². The molecule has 0 spiro atoms. The summed E-state index contributed by atoms with van der Waals surface area (Å²) in [6, 6.07) is 0. The Bertz CT molecular complexity index is 284. The van der Waals surface area contributed by atoms with Gasteiger partial charge in [0.25, 0.3) is 0 Å². The summed E-state index contributed by atoms with van der Waals surface area (Å²) in [6.07, 6.45) is 1.89. The van der Waals surface area contributed by atoms with Crippen molar-refractivity contribution in [3.05, 3.63) is 23.3 Å². The van der Waals surface area contributed by atoms with Crippen LogP contribution in [0.15, 0.2) is 6.20 Å². The summed E-state index contributed by atoms with van der Waals surface area (Å²) in [5.74, 6) is 0.852. The Morgan fingerprint density at radius 2 is 1.75 bits per heavy atom. The fourth-order valence-electron chi connectivity index (χ4n) is 1.29. The SMILES string of the molecule is Cc1ncc(C)c(C(C)(C)C)n1. The summed E-state index contributed by atoms with van der Waals surface area (Å²) >= 11 is 0. The molecule has 0 unspecified atom stereocenters. The van der Waals surface area contributed by atoms with Crippen LogP contribution in [0.2, 0.25) is 0 Å². The van der Waals surface area contributed by atoms with E-state index in [4.69, 9.17) is 0 Å². The molecule has 0 bridgehead atoms. The largest absolute Gasteiger partial charge is 0.241 e. The number of rotatable bonds is 0. The first-order valence-corrected chi connectivity index (χ1v) is 4.22. The van der Waals surface area contributed by atoms with Crippen LogP contribution in [-0.4, -0.2) is 9.97 Å². The first kappa shape index (κ1) is 9.17. The maximum absolute atomic E-state index is 4.43. The monoisotopic (exact) mass is 164 g/mol. The molecule has 1 aromatic rings. The topological polar surface area (TPSA) is 25.8 Å². The van der Waals surface area contributed by atoms with E-state index in [9.17, 15) is 0 Å². The molecule has 2 heteroatoms. The molecule has 0 N–H and O–H groups in total. The Kier molecular flexibility index (Phi) is 2.18. The number of nitrogens with zero attached hydrogens (tertiary/aromatic N) is 2. The molecule has 66 valence electrons. The van der Waals surface area contributed by atoms with Crippen molar-refractivity contribution in [1.82, 2.24) is 9.97 Å². The highest BCUT2D eigenvalue weighted by molar-refractivity contribution is 5.22. The van der Waals surface area contributed by atoms with Crippen LogP contribution in [0.5, 0.6) is 0 Å². The molecule has 0 radical (unpaired) electrons. The van der Waals surface area contributed by atoms with Gasteiger partial charge in [0.05, 0.1) is 5.69 Å². The Balaban J connectivity index is 3.23. The zero-order valence-corrected chi connectivity index (χ0v) is 8.47. The first-order valence-electron chi connectivity index (χ1n) is 4.22. The van der Waals surface area contributed by atoms with Crippen LogP contribution in [-0.2, 0) is 5.41 Å². The molecule has 0 aliphatic carbocycles. The van der Waals surface area contributed by atoms with Gasteiger partial charge < -0.3 is 0 Å². The lowest BCUT2D eigenvalue weighted by molar-refractivity contribution is 0.559. The summed E-state index contributed by atoms with van der Waals surface area (Å²) < 4.78 is 0. The molecule has 0 saturated heterocycles. The summed E-state index contributed by atoms with van der Waals surface area (Å²) in [7, 11) is 0. The van der Waals surface area contributed by atoms with E-state index in [1.54, 1.807) is 0 Å².